The van der Waals surface area contributed by atoms with Crippen LogP contribution in [-0.2, 0) is 38.5 Å². The van der Waals surface area contributed by atoms with E-state index in [0.717, 1.165) is 152 Å². The van der Waals surface area contributed by atoms with Gasteiger partial charge < -0.3 is 0 Å². The van der Waals surface area contributed by atoms with E-state index in [0.29, 0.717) is 11.6 Å². The van der Waals surface area contributed by atoms with Crippen molar-refractivity contribution >= 4 is 52.2 Å². The maximum atomic E-state index is 5.95. The van der Waals surface area contributed by atoms with Crippen LogP contribution in [0.2, 0.25) is 0 Å². The van der Waals surface area contributed by atoms with Gasteiger partial charge in [-0.2, -0.15) is 0 Å². The second kappa shape index (κ2) is 44.9. The topological polar surface area (TPSA) is 100.0 Å². The minimum atomic E-state index is 0.684. The molecule has 0 aliphatic rings. The molecule has 0 saturated heterocycles. The van der Waals surface area contributed by atoms with Crippen LogP contribution in [0.25, 0.3) is 0 Å². The van der Waals surface area contributed by atoms with Crippen molar-refractivity contribution in [3.05, 3.63) is 155 Å². The van der Waals surface area contributed by atoms with Gasteiger partial charge in [-0.25, -0.2) is 34.9 Å². The van der Waals surface area contributed by atoms with E-state index < -0.39 is 0 Å². The van der Waals surface area contributed by atoms with Crippen LogP contribution in [0.5, 0.6) is 0 Å². The van der Waals surface area contributed by atoms with Crippen molar-refractivity contribution in [3.8, 4) is 0 Å². The van der Waals surface area contributed by atoms with E-state index in [1.54, 1.807) is 0 Å². The zero-order chi connectivity index (χ0) is 65.2. The van der Waals surface area contributed by atoms with Crippen molar-refractivity contribution in [1.29, 1.82) is 0 Å². The van der Waals surface area contributed by atoms with Crippen LogP contribution < -0.4 is 14.7 Å². The van der Waals surface area contributed by atoms with Gasteiger partial charge in [-0.3, -0.25) is 14.7 Å². The van der Waals surface area contributed by atoms with Gasteiger partial charge in [0.1, 0.15) is 46.5 Å². The molecule has 0 unspecified atom stereocenters. The van der Waals surface area contributed by atoms with Crippen LogP contribution in [-0.4, -0.2) is 34.9 Å². The van der Waals surface area contributed by atoms with Gasteiger partial charge in [0.2, 0.25) is 0 Å². The van der Waals surface area contributed by atoms with E-state index in [1.807, 2.05) is 0 Å². The number of pyridine rings is 7. The standard InChI is InChI=1S/C83H122N10/c1-7-13-19-25-31-37-49-69-55-43-61-76(84-69)91(77-62-44-56-70(85-77)50-38-32-26-20-14-8-2)75-67-82(92(78-63-45-57-71(86-78)51-39-33-27-21-15-9-3)79-64-46-58-72(87-79)52-40-34-28-22-16-10-4)90-83(68-75)93(80-65-47-59-73(88-80)53-41-35-29-23-17-11-5)81-66-48-60-74(89-81)54-42-36-30-24-18-12-6/h43-48,55-68H,7-42,49-54H2,1-6H3. The average molecular weight is 1260 g/mol. The largest absolute Gasteiger partial charge is 0.279 e. The molecule has 0 radical (unpaired) electrons. The van der Waals surface area contributed by atoms with Crippen LogP contribution in [0, 0.1) is 0 Å². The normalized spacial score (nSPS) is 11.4. The summed E-state index contributed by atoms with van der Waals surface area (Å²) in [5.74, 6) is 6.15. The molecule has 0 saturated carbocycles. The van der Waals surface area contributed by atoms with E-state index in [-0.39, 0.29) is 0 Å². The van der Waals surface area contributed by atoms with E-state index in [1.165, 1.54) is 193 Å². The van der Waals surface area contributed by atoms with E-state index in [9.17, 15) is 0 Å². The molecule has 0 spiro atoms. The van der Waals surface area contributed by atoms with Gasteiger partial charge in [-0.15, -0.1) is 0 Å². The summed E-state index contributed by atoms with van der Waals surface area (Å²) in [5, 5.41) is 0. The highest BCUT2D eigenvalue weighted by atomic mass is 15.3. The van der Waals surface area contributed by atoms with Gasteiger partial charge in [0.05, 0.1) is 5.69 Å². The highest BCUT2D eigenvalue weighted by molar-refractivity contribution is 5.83. The summed E-state index contributed by atoms with van der Waals surface area (Å²) in [5.41, 5.74) is 7.35. The van der Waals surface area contributed by atoms with Crippen molar-refractivity contribution in [2.45, 2.75) is 311 Å². The summed E-state index contributed by atoms with van der Waals surface area (Å²) in [4.78, 5) is 46.3. The molecule has 0 N–H and O–H groups in total. The lowest BCUT2D eigenvalue weighted by Gasteiger charge is -2.30. The molecule has 0 aromatic carbocycles. The first-order chi connectivity index (χ1) is 45.9. The molecule has 7 aromatic heterocycles. The number of nitrogens with zero attached hydrogens (tertiary/aromatic N) is 10. The number of aryl methyl sites for hydroxylation is 6. The molecular weight excluding hydrogens is 1140 g/mol. The van der Waals surface area contributed by atoms with Gasteiger partial charge in [0.15, 0.2) is 0 Å². The monoisotopic (exact) mass is 1260 g/mol. The molecule has 504 valence electrons. The van der Waals surface area contributed by atoms with E-state index in [2.05, 4.69) is 178 Å². The third-order valence-electron chi connectivity index (χ3n) is 18.3. The third-order valence-corrected chi connectivity index (χ3v) is 18.3. The average Bonchev–Trinajstić information content (AvgIpc) is 0.776. The second-order valence-corrected chi connectivity index (χ2v) is 26.6. The fourth-order valence-electron chi connectivity index (χ4n) is 12.8. The number of unbranched alkanes of at least 4 members (excludes halogenated alkanes) is 30. The van der Waals surface area contributed by atoms with Gasteiger partial charge in [0, 0.05) is 46.3 Å². The lowest BCUT2D eigenvalue weighted by molar-refractivity contribution is 0.604. The minimum Gasteiger partial charge on any atom is -0.279 e. The maximum absolute atomic E-state index is 5.95. The van der Waals surface area contributed by atoms with Crippen molar-refractivity contribution in [2.75, 3.05) is 14.7 Å². The summed E-state index contributed by atoms with van der Waals surface area (Å²) >= 11 is 0. The number of aromatic nitrogens is 7. The highest BCUT2D eigenvalue weighted by Gasteiger charge is 2.27. The van der Waals surface area contributed by atoms with Gasteiger partial charge in [0.25, 0.3) is 0 Å². The first kappa shape index (κ1) is 73.9. The fraction of sp³-hybridized carbons (Fsp3) is 0.578. The summed E-state index contributed by atoms with van der Waals surface area (Å²) in [7, 11) is 0. The Morgan fingerprint density at radius 1 is 0.194 bits per heavy atom. The lowest BCUT2D eigenvalue weighted by atomic mass is 10.1. The lowest BCUT2D eigenvalue weighted by Crippen LogP contribution is -2.21. The molecule has 10 heteroatoms. The molecule has 7 aromatic rings. The second-order valence-electron chi connectivity index (χ2n) is 26.6. The SMILES string of the molecule is CCCCCCCCc1cccc(N(c2cc(N(c3cccc(CCCCCCCC)n3)c3cccc(CCCCCCCC)n3)nc(N(c3cccc(CCCCCCCC)n3)c3cccc(CCCCCCCC)n3)c2)c2cccc(CCCCCCCC)n2)n1. The summed E-state index contributed by atoms with van der Waals surface area (Å²) in [6, 6.07) is 43.8. The minimum absolute atomic E-state index is 0.684. The van der Waals surface area contributed by atoms with Crippen LogP contribution in [0.1, 0.15) is 307 Å². The summed E-state index contributed by atoms with van der Waals surface area (Å²) in [6.07, 6.45) is 49.7. The van der Waals surface area contributed by atoms with Crippen LogP contribution in [0.4, 0.5) is 52.2 Å². The smallest absolute Gasteiger partial charge is 0.144 e. The zero-order valence-electron chi connectivity index (χ0n) is 59.2. The number of hydrogen-bond donors (Lipinski definition) is 0. The van der Waals surface area contributed by atoms with E-state index >= 15 is 0 Å². The molecule has 10 nitrogen and oxygen atoms in total. The summed E-state index contributed by atoms with van der Waals surface area (Å²) < 4.78 is 0. The van der Waals surface area contributed by atoms with Crippen LogP contribution in [0.15, 0.2) is 121 Å². The molecule has 0 aliphatic carbocycles. The van der Waals surface area contributed by atoms with Gasteiger partial charge in [-0.1, -0.05) is 271 Å². The Balaban J connectivity index is 1.47. The predicted molar refractivity (Wildman–Crippen MR) is 398 cm³/mol. The molecular formula is C83H122N10. The Morgan fingerprint density at radius 3 is 0.581 bits per heavy atom. The highest BCUT2D eigenvalue weighted by Crippen LogP contribution is 2.43. The Labute approximate surface area is 565 Å². The van der Waals surface area contributed by atoms with Crippen molar-refractivity contribution in [2.24, 2.45) is 0 Å². The molecule has 7 rings (SSSR count). The first-order valence-electron chi connectivity index (χ1n) is 38.1. The Bertz CT molecular complexity index is 2590. The van der Waals surface area contributed by atoms with Gasteiger partial charge in [-0.05, 0) is 150 Å². The molecule has 0 fully saturated rings. The third kappa shape index (κ3) is 26.6. The van der Waals surface area contributed by atoms with Crippen LogP contribution in [0.3, 0.4) is 0 Å². The van der Waals surface area contributed by atoms with Crippen molar-refractivity contribution < 1.29 is 0 Å². The zero-order valence-corrected chi connectivity index (χ0v) is 59.2. The fourth-order valence-corrected chi connectivity index (χ4v) is 12.8. The number of rotatable bonds is 51. The molecule has 0 aliphatic heterocycles. The van der Waals surface area contributed by atoms with E-state index in [4.69, 9.17) is 34.9 Å². The molecule has 0 atom stereocenters. The van der Waals surface area contributed by atoms with Crippen LogP contribution >= 0.6 is 0 Å². The Morgan fingerprint density at radius 2 is 0.376 bits per heavy atom. The summed E-state index contributed by atoms with van der Waals surface area (Å²) in [6.45, 7) is 13.8. The quantitative estimate of drug-likeness (QED) is 0.0343. The van der Waals surface area contributed by atoms with Crippen molar-refractivity contribution in [3.63, 3.8) is 0 Å². The number of anilines is 9. The Hall–Kier alpha value is -6.55. The van der Waals surface area contributed by atoms with Gasteiger partial charge >= 0.3 is 0 Å². The molecule has 0 bridgehead atoms. The number of hydrogen-bond acceptors (Lipinski definition) is 10. The predicted octanol–water partition coefficient (Wildman–Crippen LogP) is 25.3. The van der Waals surface area contributed by atoms with Crippen molar-refractivity contribution in [1.82, 2.24) is 34.9 Å². The molecule has 93 heavy (non-hydrogen) atoms. The maximum Gasteiger partial charge on any atom is 0.144 e. The molecule has 0 amide bonds. The first-order valence-corrected chi connectivity index (χ1v) is 38.1. The molecule has 7 heterocycles. The Kier molecular flexibility index (Phi) is 35.7.